The van der Waals surface area contributed by atoms with E-state index >= 15 is 0 Å². The van der Waals surface area contributed by atoms with Crippen LogP contribution in [0, 0.1) is 0 Å². The molecule has 0 aliphatic rings. The zero-order valence-electron chi connectivity index (χ0n) is 10.3. The summed E-state index contributed by atoms with van der Waals surface area (Å²) >= 11 is 1.21. The molecule has 0 aliphatic heterocycles. The lowest BCUT2D eigenvalue weighted by atomic mass is 10.0. The quantitative estimate of drug-likeness (QED) is 0.900. The lowest BCUT2D eigenvalue weighted by molar-refractivity contribution is -0.117. The van der Waals surface area contributed by atoms with Crippen LogP contribution in [-0.2, 0) is 4.79 Å². The fourth-order valence-electron chi connectivity index (χ4n) is 1.69. The number of hydrogen-bond acceptors (Lipinski definition) is 3. The number of carboxylic acid groups (broad SMARTS) is 1. The topological polar surface area (TPSA) is 66.4 Å². The molecule has 1 atom stereocenters. The van der Waals surface area contributed by atoms with E-state index in [9.17, 15) is 9.59 Å². The second-order valence-electron chi connectivity index (χ2n) is 4.09. The van der Waals surface area contributed by atoms with Crippen molar-refractivity contribution in [2.24, 2.45) is 0 Å². The van der Waals surface area contributed by atoms with Crippen molar-refractivity contribution >= 4 is 28.2 Å². The smallest absolute Gasteiger partial charge is 0.338 e. The van der Waals surface area contributed by atoms with Gasteiger partial charge in [-0.1, -0.05) is 30.3 Å². The Hall–Kier alpha value is -2.14. The van der Waals surface area contributed by atoms with Crippen molar-refractivity contribution in [2.75, 3.05) is 5.32 Å². The molecule has 0 radical (unpaired) electrons. The summed E-state index contributed by atoms with van der Waals surface area (Å²) in [5.74, 6) is -1.58. The lowest BCUT2D eigenvalue weighted by Gasteiger charge is -2.11. The maximum Gasteiger partial charge on any atom is 0.338 e. The highest BCUT2D eigenvalue weighted by Crippen LogP contribution is 2.25. The minimum atomic E-state index is -1.04. The highest BCUT2D eigenvalue weighted by Gasteiger charge is 2.18. The van der Waals surface area contributed by atoms with Crippen LogP contribution in [-0.4, -0.2) is 17.0 Å². The van der Waals surface area contributed by atoms with Gasteiger partial charge in [-0.25, -0.2) is 4.79 Å². The fraction of sp³-hybridized carbons (Fsp3) is 0.143. The third-order valence-corrected chi connectivity index (χ3v) is 3.66. The number of carbonyl (C=O) groups is 2. The number of aromatic carboxylic acids is 1. The Kier molecular flexibility index (Phi) is 3.97. The van der Waals surface area contributed by atoms with Crippen molar-refractivity contribution in [3.8, 4) is 0 Å². The molecule has 4 nitrogen and oxygen atoms in total. The van der Waals surface area contributed by atoms with Crippen LogP contribution in [0.3, 0.4) is 0 Å². The van der Waals surface area contributed by atoms with Gasteiger partial charge in [0.15, 0.2) is 0 Å². The van der Waals surface area contributed by atoms with E-state index in [2.05, 4.69) is 5.32 Å². The van der Waals surface area contributed by atoms with Gasteiger partial charge in [0.2, 0.25) is 5.91 Å². The van der Waals surface area contributed by atoms with Crippen LogP contribution in [0.25, 0.3) is 0 Å². The molecule has 98 valence electrons. The summed E-state index contributed by atoms with van der Waals surface area (Å²) in [5.41, 5.74) is 1.02. The standard InChI is InChI=1S/C14H13NO3S/c1-9(10-5-3-2-4-6-10)12(16)15-13-11(14(17)18)7-8-19-13/h2-9H,1H3,(H,15,16)(H,17,18). The number of rotatable bonds is 4. The van der Waals surface area contributed by atoms with E-state index in [1.165, 1.54) is 17.4 Å². The Bertz CT molecular complexity index is 592. The van der Waals surface area contributed by atoms with Gasteiger partial charge in [0, 0.05) is 0 Å². The summed E-state index contributed by atoms with van der Waals surface area (Å²) < 4.78 is 0. The molecule has 1 aromatic carbocycles. The van der Waals surface area contributed by atoms with Crippen LogP contribution in [0.5, 0.6) is 0 Å². The Morgan fingerprint density at radius 2 is 1.89 bits per heavy atom. The van der Waals surface area contributed by atoms with E-state index in [1.807, 2.05) is 30.3 Å². The first-order valence-electron chi connectivity index (χ1n) is 5.76. The minimum Gasteiger partial charge on any atom is -0.478 e. The second-order valence-corrected chi connectivity index (χ2v) is 5.01. The molecule has 2 N–H and O–H groups in total. The molecule has 0 bridgehead atoms. The molecule has 0 aliphatic carbocycles. The first kappa shape index (κ1) is 13.3. The molecule has 2 rings (SSSR count). The van der Waals surface area contributed by atoms with Gasteiger partial charge in [0.1, 0.15) is 5.00 Å². The summed E-state index contributed by atoms with van der Waals surface area (Å²) in [6, 6.07) is 10.8. The summed E-state index contributed by atoms with van der Waals surface area (Å²) in [5, 5.41) is 13.7. The zero-order chi connectivity index (χ0) is 13.8. The van der Waals surface area contributed by atoms with Gasteiger partial charge in [-0.2, -0.15) is 0 Å². The first-order chi connectivity index (χ1) is 9.09. The van der Waals surface area contributed by atoms with Gasteiger partial charge in [-0.15, -0.1) is 11.3 Å². The van der Waals surface area contributed by atoms with Crippen LogP contribution in [0.2, 0.25) is 0 Å². The highest BCUT2D eigenvalue weighted by molar-refractivity contribution is 7.14. The fourth-order valence-corrected chi connectivity index (χ4v) is 2.47. The van der Waals surface area contributed by atoms with Gasteiger partial charge in [0.25, 0.3) is 0 Å². The van der Waals surface area contributed by atoms with Crippen LogP contribution >= 0.6 is 11.3 Å². The Balaban J connectivity index is 2.13. The average Bonchev–Trinajstić information content (AvgIpc) is 2.87. The van der Waals surface area contributed by atoms with E-state index in [-0.39, 0.29) is 17.4 Å². The minimum absolute atomic E-state index is 0.124. The molecule has 1 unspecified atom stereocenters. The third-order valence-electron chi connectivity index (χ3n) is 2.83. The van der Waals surface area contributed by atoms with Crippen molar-refractivity contribution in [3.05, 3.63) is 52.9 Å². The molecule has 0 fully saturated rings. The summed E-state index contributed by atoms with van der Waals surface area (Å²) in [4.78, 5) is 23.0. The van der Waals surface area contributed by atoms with Crippen molar-refractivity contribution in [3.63, 3.8) is 0 Å². The molecule has 1 aromatic heterocycles. The van der Waals surface area contributed by atoms with Crippen molar-refractivity contribution in [1.29, 1.82) is 0 Å². The van der Waals surface area contributed by atoms with E-state index in [1.54, 1.807) is 12.3 Å². The number of nitrogens with one attached hydrogen (secondary N) is 1. The van der Waals surface area contributed by atoms with Crippen LogP contribution in [0.1, 0.15) is 28.8 Å². The van der Waals surface area contributed by atoms with Crippen LogP contribution in [0.4, 0.5) is 5.00 Å². The average molecular weight is 275 g/mol. The van der Waals surface area contributed by atoms with Crippen LogP contribution < -0.4 is 5.32 Å². The molecule has 1 amide bonds. The van der Waals surface area contributed by atoms with Crippen molar-refractivity contribution in [2.45, 2.75) is 12.8 Å². The third kappa shape index (κ3) is 3.00. The monoisotopic (exact) mass is 275 g/mol. The Morgan fingerprint density at radius 1 is 1.21 bits per heavy atom. The number of hydrogen-bond donors (Lipinski definition) is 2. The van der Waals surface area contributed by atoms with E-state index in [0.717, 1.165) is 5.56 Å². The SMILES string of the molecule is CC(C(=O)Nc1sccc1C(=O)O)c1ccccc1. The molecular weight excluding hydrogens is 262 g/mol. The first-order valence-corrected chi connectivity index (χ1v) is 6.64. The normalized spacial score (nSPS) is 11.8. The van der Waals surface area contributed by atoms with Gasteiger partial charge in [-0.05, 0) is 23.9 Å². The molecular formula is C14H13NO3S. The Labute approximate surface area is 114 Å². The predicted molar refractivity (Wildman–Crippen MR) is 74.8 cm³/mol. The summed E-state index contributed by atoms with van der Waals surface area (Å²) in [6.45, 7) is 1.79. The molecule has 2 aromatic rings. The van der Waals surface area contributed by atoms with Gasteiger partial charge in [-0.3, -0.25) is 4.79 Å². The van der Waals surface area contributed by atoms with Gasteiger partial charge >= 0.3 is 5.97 Å². The lowest BCUT2D eigenvalue weighted by Crippen LogP contribution is -2.19. The highest BCUT2D eigenvalue weighted by atomic mass is 32.1. The molecule has 1 heterocycles. The Morgan fingerprint density at radius 3 is 2.53 bits per heavy atom. The van der Waals surface area contributed by atoms with Crippen molar-refractivity contribution < 1.29 is 14.7 Å². The van der Waals surface area contributed by atoms with E-state index in [4.69, 9.17) is 5.11 Å². The number of carbonyl (C=O) groups excluding carboxylic acids is 1. The molecule has 0 spiro atoms. The van der Waals surface area contributed by atoms with E-state index < -0.39 is 5.97 Å². The van der Waals surface area contributed by atoms with E-state index in [0.29, 0.717) is 5.00 Å². The number of amides is 1. The van der Waals surface area contributed by atoms with Crippen LogP contribution in [0.15, 0.2) is 41.8 Å². The number of thiophene rings is 1. The molecule has 5 heteroatoms. The molecule has 0 saturated carbocycles. The maximum atomic E-state index is 12.1. The summed E-state index contributed by atoms with van der Waals surface area (Å²) in [6.07, 6.45) is 0. The zero-order valence-corrected chi connectivity index (χ0v) is 11.1. The van der Waals surface area contributed by atoms with Gasteiger partial charge in [0.05, 0.1) is 11.5 Å². The molecule has 0 saturated heterocycles. The number of anilines is 1. The summed E-state index contributed by atoms with van der Waals surface area (Å²) in [7, 11) is 0. The number of carboxylic acids is 1. The molecule has 19 heavy (non-hydrogen) atoms. The number of benzene rings is 1. The van der Waals surface area contributed by atoms with Crippen molar-refractivity contribution in [1.82, 2.24) is 0 Å². The predicted octanol–water partition coefficient (Wildman–Crippen LogP) is 3.19. The van der Waals surface area contributed by atoms with Gasteiger partial charge < -0.3 is 10.4 Å². The maximum absolute atomic E-state index is 12.1. The largest absolute Gasteiger partial charge is 0.478 e. The second kappa shape index (κ2) is 5.67.